The topological polar surface area (TPSA) is 103 Å². The van der Waals surface area contributed by atoms with E-state index in [1.54, 1.807) is 45.7 Å². The fourth-order valence-electron chi connectivity index (χ4n) is 1.74. The van der Waals surface area contributed by atoms with E-state index in [2.05, 4.69) is 20.9 Å². The maximum Gasteiger partial charge on any atom is 0.298 e. The van der Waals surface area contributed by atoms with E-state index < -0.39 is 10.1 Å². The average Bonchev–Trinajstić information content (AvgIpc) is 2.54. The van der Waals surface area contributed by atoms with Crippen LogP contribution in [0, 0.1) is 0 Å². The Morgan fingerprint density at radius 2 is 1.41 bits per heavy atom. The highest BCUT2D eigenvalue weighted by Crippen LogP contribution is 2.32. The van der Waals surface area contributed by atoms with Crippen LogP contribution in [0.15, 0.2) is 47.6 Å². The van der Waals surface area contributed by atoms with Crippen molar-refractivity contribution in [1.29, 1.82) is 0 Å². The lowest BCUT2D eigenvalue weighted by atomic mass is 10.2. The molecule has 0 radical (unpaired) electrons. The lowest BCUT2D eigenvalue weighted by molar-refractivity contribution is 0.484. The molecule has 0 unspecified atom stereocenters. The number of hydrogen-bond donors (Lipinski definition) is 4. The highest BCUT2D eigenvalue weighted by molar-refractivity contribution is 7.86. The van der Waals surface area contributed by atoms with Crippen molar-refractivity contribution in [1.82, 2.24) is 4.98 Å². The summed E-state index contributed by atoms with van der Waals surface area (Å²) in [6, 6.07) is 8.92. The molecule has 0 atom stereocenters. The van der Waals surface area contributed by atoms with Gasteiger partial charge in [0.2, 0.25) is 0 Å². The molecule has 1 aromatic carbocycles. The van der Waals surface area contributed by atoms with Gasteiger partial charge in [-0.3, -0.25) is 9.54 Å². The third kappa shape index (κ3) is 4.90. The minimum absolute atomic E-state index is 0.156. The Morgan fingerprint density at radius 1 is 0.909 bits per heavy atom. The van der Waals surface area contributed by atoms with Crippen molar-refractivity contribution in [2.45, 2.75) is 4.90 Å². The third-order valence-electron chi connectivity index (χ3n) is 2.74. The van der Waals surface area contributed by atoms with E-state index in [0.29, 0.717) is 11.4 Å². The summed E-state index contributed by atoms with van der Waals surface area (Å²) in [6.07, 6.45) is 3.50. The minimum Gasteiger partial charge on any atom is -0.388 e. The first kappa shape index (κ1) is 17.7. The number of hydrogen-bond acceptors (Lipinski definition) is 6. The molecule has 2 rings (SSSR count). The van der Waals surface area contributed by atoms with E-state index in [4.69, 9.17) is 4.55 Å². The van der Waals surface area contributed by atoms with Crippen LogP contribution in [0.4, 0.5) is 17.1 Å². The van der Waals surface area contributed by atoms with Crippen molar-refractivity contribution in [3.63, 3.8) is 0 Å². The first-order valence-corrected chi connectivity index (χ1v) is 7.91. The molecule has 0 saturated carbocycles. The molecule has 2 aromatic rings. The lowest BCUT2D eigenvalue weighted by Crippen LogP contribution is -2.08. The number of rotatable bonds is 4. The molecule has 1 heterocycles. The molecular formula is C14H20N4O3S. The van der Waals surface area contributed by atoms with Gasteiger partial charge in [0.15, 0.2) is 0 Å². The molecule has 0 aliphatic carbocycles. The van der Waals surface area contributed by atoms with Crippen LogP contribution in [0.5, 0.6) is 0 Å². The Labute approximate surface area is 130 Å². The molecule has 1 aromatic heterocycles. The maximum absolute atomic E-state index is 11.2. The van der Waals surface area contributed by atoms with Gasteiger partial charge in [-0.25, -0.2) is 0 Å². The zero-order valence-electron chi connectivity index (χ0n) is 12.7. The lowest BCUT2D eigenvalue weighted by Gasteiger charge is -2.14. The predicted molar refractivity (Wildman–Crippen MR) is 89.1 cm³/mol. The van der Waals surface area contributed by atoms with Crippen LogP contribution < -0.4 is 16.0 Å². The molecule has 22 heavy (non-hydrogen) atoms. The van der Waals surface area contributed by atoms with Gasteiger partial charge in [-0.05, 0) is 24.3 Å². The highest BCUT2D eigenvalue weighted by atomic mass is 32.2. The summed E-state index contributed by atoms with van der Waals surface area (Å²) in [6.45, 7) is 0. The number of pyridine rings is 1. The van der Waals surface area contributed by atoms with Crippen molar-refractivity contribution in [3.05, 3.63) is 42.7 Å². The van der Waals surface area contributed by atoms with Crippen molar-refractivity contribution in [3.8, 4) is 0 Å². The Hall–Kier alpha value is -2.32. The van der Waals surface area contributed by atoms with Gasteiger partial charge in [0, 0.05) is 39.2 Å². The van der Waals surface area contributed by atoms with E-state index in [9.17, 15) is 8.42 Å². The van der Waals surface area contributed by atoms with E-state index in [-0.39, 0.29) is 4.90 Å². The van der Waals surface area contributed by atoms with Crippen molar-refractivity contribution >= 4 is 27.2 Å². The van der Waals surface area contributed by atoms with Crippen LogP contribution >= 0.6 is 0 Å². The summed E-state index contributed by atoms with van der Waals surface area (Å²) in [7, 11) is 0.630. The summed E-state index contributed by atoms with van der Waals surface area (Å²) < 4.78 is 31.6. The van der Waals surface area contributed by atoms with Gasteiger partial charge >= 0.3 is 0 Å². The normalized spacial score (nSPS) is 10.2. The van der Waals surface area contributed by atoms with Crippen LogP contribution in [0.3, 0.4) is 0 Å². The minimum atomic E-state index is -4.27. The number of anilines is 3. The van der Waals surface area contributed by atoms with Crippen LogP contribution in [0.2, 0.25) is 0 Å². The quantitative estimate of drug-likeness (QED) is 0.639. The second kappa shape index (κ2) is 8.20. The summed E-state index contributed by atoms with van der Waals surface area (Å²) in [4.78, 5) is 3.63. The van der Waals surface area contributed by atoms with Crippen molar-refractivity contribution < 1.29 is 13.0 Å². The summed E-state index contributed by atoms with van der Waals surface area (Å²) in [5.74, 6) is 0. The first-order chi connectivity index (χ1) is 10.4. The Morgan fingerprint density at radius 3 is 1.64 bits per heavy atom. The molecule has 8 heteroatoms. The Kier molecular flexibility index (Phi) is 6.61. The second-order valence-electron chi connectivity index (χ2n) is 4.15. The average molecular weight is 324 g/mol. The molecule has 0 spiro atoms. The molecule has 0 saturated heterocycles. The van der Waals surface area contributed by atoms with Crippen molar-refractivity contribution in [2.24, 2.45) is 0 Å². The van der Waals surface area contributed by atoms with Crippen molar-refractivity contribution in [2.75, 3.05) is 37.1 Å². The molecule has 0 fully saturated rings. The van der Waals surface area contributed by atoms with Crippen LogP contribution in [-0.2, 0) is 10.1 Å². The van der Waals surface area contributed by atoms with Gasteiger partial charge in [-0.15, -0.1) is 0 Å². The third-order valence-corrected chi connectivity index (χ3v) is 3.70. The summed E-state index contributed by atoms with van der Waals surface area (Å²) in [5, 5.41) is 8.36. The molecule has 120 valence electrons. The zero-order chi connectivity index (χ0) is 16.6. The summed E-state index contributed by atoms with van der Waals surface area (Å²) >= 11 is 0. The number of aromatic nitrogens is 1. The molecule has 0 amide bonds. The first-order valence-electron chi connectivity index (χ1n) is 6.47. The predicted octanol–water partition coefficient (Wildman–Crippen LogP) is 2.14. The number of benzene rings is 1. The van der Waals surface area contributed by atoms with Gasteiger partial charge in [0.25, 0.3) is 10.1 Å². The molecular weight excluding hydrogens is 304 g/mol. The molecule has 0 aliphatic rings. The van der Waals surface area contributed by atoms with Crippen LogP contribution in [0.1, 0.15) is 0 Å². The highest BCUT2D eigenvalue weighted by Gasteiger charge is 2.20. The van der Waals surface area contributed by atoms with E-state index in [0.717, 1.165) is 5.69 Å². The summed E-state index contributed by atoms with van der Waals surface area (Å²) in [5.41, 5.74) is 1.40. The molecule has 0 bridgehead atoms. The molecule has 4 N–H and O–H groups in total. The SMILES string of the molecule is CNc1cc(NC)c(S(=O)(=O)O)c(NC)c1.c1ccncc1. The van der Waals surface area contributed by atoms with Gasteiger partial charge in [0.1, 0.15) is 4.90 Å². The van der Waals surface area contributed by atoms with E-state index in [1.807, 2.05) is 18.2 Å². The molecule has 0 aliphatic heterocycles. The number of nitrogens with one attached hydrogen (secondary N) is 3. The van der Waals surface area contributed by atoms with Gasteiger partial charge in [0.05, 0.1) is 11.4 Å². The fourth-order valence-corrected chi connectivity index (χ4v) is 2.61. The Balaban J connectivity index is 0.000000335. The number of nitrogens with zero attached hydrogens (tertiary/aromatic N) is 1. The second-order valence-corrected chi connectivity index (χ2v) is 5.51. The van der Waals surface area contributed by atoms with E-state index >= 15 is 0 Å². The van der Waals surface area contributed by atoms with Gasteiger partial charge < -0.3 is 16.0 Å². The standard InChI is InChI=1S/C9H15N3O3S.C5H5N/c1-10-6-4-7(11-2)9(16(13,14)15)8(5-6)12-3;1-2-4-6-5-3-1/h4-5,10-12H,1-3H3,(H,13,14,15);1-5H. The molecule has 7 nitrogen and oxygen atoms in total. The van der Waals surface area contributed by atoms with Crippen LogP contribution in [0.25, 0.3) is 0 Å². The van der Waals surface area contributed by atoms with E-state index in [1.165, 1.54) is 0 Å². The van der Waals surface area contributed by atoms with Gasteiger partial charge in [-0.2, -0.15) is 8.42 Å². The maximum atomic E-state index is 11.2. The monoisotopic (exact) mass is 324 g/mol. The van der Waals surface area contributed by atoms with Gasteiger partial charge in [-0.1, -0.05) is 6.07 Å². The fraction of sp³-hybridized carbons (Fsp3) is 0.214. The Bertz CT molecular complexity index is 639. The largest absolute Gasteiger partial charge is 0.388 e. The zero-order valence-corrected chi connectivity index (χ0v) is 13.5. The smallest absolute Gasteiger partial charge is 0.298 e. The van der Waals surface area contributed by atoms with Crippen LogP contribution in [-0.4, -0.2) is 39.1 Å².